The fraction of sp³-hybridized carbons (Fsp3) is 0.562. The lowest BCUT2D eigenvalue weighted by molar-refractivity contribution is -0.124. The summed E-state index contributed by atoms with van der Waals surface area (Å²) in [4.78, 5) is 14.3. The fourth-order valence-electron chi connectivity index (χ4n) is 2.84. The molecule has 0 bridgehead atoms. The van der Waals surface area contributed by atoms with E-state index in [-0.39, 0.29) is 11.8 Å². The summed E-state index contributed by atoms with van der Waals surface area (Å²) in [6.45, 7) is 6.47. The molecule has 0 radical (unpaired) electrons. The summed E-state index contributed by atoms with van der Waals surface area (Å²) in [7, 11) is 1.87. The molecule has 1 heterocycles. The van der Waals surface area contributed by atoms with Crippen molar-refractivity contribution in [1.82, 2.24) is 10.6 Å². The van der Waals surface area contributed by atoms with Crippen molar-refractivity contribution in [3.63, 3.8) is 0 Å². The van der Waals surface area contributed by atoms with Crippen molar-refractivity contribution in [2.45, 2.75) is 26.3 Å². The number of rotatable bonds is 6. The number of nitrogens with zero attached hydrogens (tertiary/aromatic N) is 1. The minimum atomic E-state index is 0.0169. The molecule has 20 heavy (non-hydrogen) atoms. The van der Waals surface area contributed by atoms with Gasteiger partial charge in [-0.25, -0.2) is 0 Å². The van der Waals surface area contributed by atoms with Gasteiger partial charge >= 0.3 is 0 Å². The van der Waals surface area contributed by atoms with Gasteiger partial charge in [-0.15, -0.1) is 0 Å². The van der Waals surface area contributed by atoms with Crippen molar-refractivity contribution in [2.24, 2.45) is 5.92 Å². The molecule has 1 aliphatic rings. The molecule has 0 spiro atoms. The minimum absolute atomic E-state index is 0.0169. The Labute approximate surface area is 121 Å². The fourth-order valence-corrected chi connectivity index (χ4v) is 2.84. The van der Waals surface area contributed by atoms with Crippen LogP contribution in [0, 0.1) is 5.92 Å². The average Bonchev–Trinajstić information content (AvgIpc) is 2.75. The second-order valence-corrected chi connectivity index (χ2v) is 5.63. The SMILES string of the molecule is CNCC(C)C(=O)NCCN1c2ccccc2CC1C. The van der Waals surface area contributed by atoms with Crippen LogP contribution in [0.3, 0.4) is 0 Å². The molecule has 0 aromatic heterocycles. The van der Waals surface area contributed by atoms with Crippen LogP contribution in [0.5, 0.6) is 0 Å². The minimum Gasteiger partial charge on any atom is -0.367 e. The monoisotopic (exact) mass is 275 g/mol. The Morgan fingerprint density at radius 3 is 2.95 bits per heavy atom. The maximum absolute atomic E-state index is 11.9. The number of amides is 1. The van der Waals surface area contributed by atoms with E-state index in [0.717, 1.165) is 19.5 Å². The lowest BCUT2D eigenvalue weighted by atomic mass is 10.1. The number of carbonyl (C=O) groups excluding carboxylic acids is 1. The molecule has 4 nitrogen and oxygen atoms in total. The summed E-state index contributed by atoms with van der Waals surface area (Å²) in [5.74, 6) is 0.141. The zero-order chi connectivity index (χ0) is 14.5. The Morgan fingerprint density at radius 2 is 2.20 bits per heavy atom. The molecule has 2 N–H and O–H groups in total. The van der Waals surface area contributed by atoms with Crippen LogP contribution in [0.1, 0.15) is 19.4 Å². The molecular weight excluding hydrogens is 250 g/mol. The van der Waals surface area contributed by atoms with E-state index in [0.29, 0.717) is 12.6 Å². The van der Waals surface area contributed by atoms with E-state index in [9.17, 15) is 4.79 Å². The number of fused-ring (bicyclic) bond motifs is 1. The molecule has 4 heteroatoms. The molecule has 2 unspecified atom stereocenters. The maximum Gasteiger partial charge on any atom is 0.224 e. The van der Waals surface area contributed by atoms with Crippen molar-refractivity contribution >= 4 is 11.6 Å². The summed E-state index contributed by atoms with van der Waals surface area (Å²) in [6.07, 6.45) is 1.10. The molecule has 1 aliphatic heterocycles. The van der Waals surface area contributed by atoms with Crippen LogP contribution in [0.4, 0.5) is 5.69 Å². The van der Waals surface area contributed by atoms with Crippen molar-refractivity contribution in [2.75, 3.05) is 31.6 Å². The molecule has 0 saturated heterocycles. The first-order valence-corrected chi connectivity index (χ1v) is 7.40. The second kappa shape index (κ2) is 6.75. The van der Waals surface area contributed by atoms with Crippen molar-refractivity contribution in [1.29, 1.82) is 0 Å². The van der Waals surface area contributed by atoms with Gasteiger partial charge in [0.15, 0.2) is 0 Å². The molecule has 2 atom stereocenters. The van der Waals surface area contributed by atoms with E-state index in [2.05, 4.69) is 46.7 Å². The lowest BCUT2D eigenvalue weighted by Gasteiger charge is -2.25. The molecule has 1 aromatic rings. The highest BCUT2D eigenvalue weighted by atomic mass is 16.1. The third-order valence-corrected chi connectivity index (χ3v) is 3.96. The zero-order valence-corrected chi connectivity index (χ0v) is 12.6. The van der Waals surface area contributed by atoms with E-state index in [1.165, 1.54) is 11.3 Å². The van der Waals surface area contributed by atoms with Crippen LogP contribution in [0.25, 0.3) is 0 Å². The van der Waals surface area contributed by atoms with Crippen LogP contribution in [0.2, 0.25) is 0 Å². The molecule has 110 valence electrons. The number of carbonyl (C=O) groups is 1. The Hall–Kier alpha value is -1.55. The predicted molar refractivity (Wildman–Crippen MR) is 83.1 cm³/mol. The van der Waals surface area contributed by atoms with Crippen LogP contribution in [-0.4, -0.2) is 38.6 Å². The third kappa shape index (κ3) is 3.31. The molecule has 2 rings (SSSR count). The van der Waals surface area contributed by atoms with Gasteiger partial charge in [-0.05, 0) is 32.0 Å². The lowest BCUT2D eigenvalue weighted by Crippen LogP contribution is -2.40. The summed E-state index contributed by atoms with van der Waals surface area (Å²) < 4.78 is 0. The van der Waals surface area contributed by atoms with Gasteiger partial charge in [0.1, 0.15) is 0 Å². The number of hydrogen-bond donors (Lipinski definition) is 2. The number of anilines is 1. The zero-order valence-electron chi connectivity index (χ0n) is 12.6. The topological polar surface area (TPSA) is 44.4 Å². The largest absolute Gasteiger partial charge is 0.367 e. The number of para-hydroxylation sites is 1. The molecule has 1 amide bonds. The summed E-state index contributed by atoms with van der Waals surface area (Å²) in [5, 5.41) is 6.05. The summed E-state index contributed by atoms with van der Waals surface area (Å²) >= 11 is 0. The van der Waals surface area contributed by atoms with Gasteiger partial charge in [0.25, 0.3) is 0 Å². The number of benzene rings is 1. The third-order valence-electron chi connectivity index (χ3n) is 3.96. The smallest absolute Gasteiger partial charge is 0.224 e. The van der Waals surface area contributed by atoms with Gasteiger partial charge in [0.05, 0.1) is 0 Å². The maximum atomic E-state index is 11.9. The number of nitrogens with one attached hydrogen (secondary N) is 2. The number of hydrogen-bond acceptors (Lipinski definition) is 3. The standard InChI is InChI=1S/C16H25N3O/c1-12(11-17-3)16(20)18-8-9-19-13(2)10-14-6-4-5-7-15(14)19/h4-7,12-13,17H,8-11H2,1-3H3,(H,18,20). The van der Waals surface area contributed by atoms with Gasteiger partial charge in [-0.2, -0.15) is 0 Å². The average molecular weight is 275 g/mol. The van der Waals surface area contributed by atoms with Crippen LogP contribution >= 0.6 is 0 Å². The molecule has 0 fully saturated rings. The Bertz CT molecular complexity index is 461. The van der Waals surface area contributed by atoms with Gasteiger partial charge < -0.3 is 15.5 Å². The molecular formula is C16H25N3O. The highest BCUT2D eigenvalue weighted by molar-refractivity contribution is 5.78. The van der Waals surface area contributed by atoms with Crippen molar-refractivity contribution in [3.05, 3.63) is 29.8 Å². The molecule has 0 saturated carbocycles. The van der Waals surface area contributed by atoms with Crippen LogP contribution in [-0.2, 0) is 11.2 Å². The van der Waals surface area contributed by atoms with Crippen LogP contribution in [0.15, 0.2) is 24.3 Å². The first-order valence-electron chi connectivity index (χ1n) is 7.40. The Balaban J connectivity index is 1.84. The van der Waals surface area contributed by atoms with E-state index in [1.54, 1.807) is 0 Å². The quantitative estimate of drug-likeness (QED) is 0.825. The summed E-state index contributed by atoms with van der Waals surface area (Å²) in [5.41, 5.74) is 2.73. The summed E-state index contributed by atoms with van der Waals surface area (Å²) in [6, 6.07) is 9.05. The van der Waals surface area contributed by atoms with Crippen molar-refractivity contribution < 1.29 is 4.79 Å². The van der Waals surface area contributed by atoms with E-state index in [4.69, 9.17) is 0 Å². The van der Waals surface area contributed by atoms with Gasteiger partial charge in [0, 0.05) is 37.3 Å². The first-order chi connectivity index (χ1) is 9.63. The second-order valence-electron chi connectivity index (χ2n) is 5.63. The van der Waals surface area contributed by atoms with E-state index >= 15 is 0 Å². The normalized spacial score (nSPS) is 18.8. The van der Waals surface area contributed by atoms with Crippen molar-refractivity contribution in [3.8, 4) is 0 Å². The van der Waals surface area contributed by atoms with Crippen LogP contribution < -0.4 is 15.5 Å². The molecule has 0 aliphatic carbocycles. The predicted octanol–water partition coefficient (Wildman–Crippen LogP) is 1.41. The molecule has 1 aromatic carbocycles. The Morgan fingerprint density at radius 1 is 1.45 bits per heavy atom. The van der Waals surface area contributed by atoms with Gasteiger partial charge in [-0.3, -0.25) is 4.79 Å². The van der Waals surface area contributed by atoms with Gasteiger partial charge in [-0.1, -0.05) is 25.1 Å². The Kier molecular flexibility index (Phi) is 5.01. The van der Waals surface area contributed by atoms with Gasteiger partial charge in [0.2, 0.25) is 5.91 Å². The first kappa shape index (κ1) is 14.9. The van der Waals surface area contributed by atoms with E-state index < -0.39 is 0 Å². The highest BCUT2D eigenvalue weighted by Gasteiger charge is 2.25. The highest BCUT2D eigenvalue weighted by Crippen LogP contribution is 2.31. The van der Waals surface area contributed by atoms with E-state index in [1.807, 2.05) is 14.0 Å².